The van der Waals surface area contributed by atoms with Crippen molar-refractivity contribution in [3.05, 3.63) is 48.1 Å². The van der Waals surface area contributed by atoms with E-state index >= 15 is 0 Å². The minimum atomic E-state index is -0.308. The molecule has 0 saturated carbocycles. The zero-order valence-corrected chi connectivity index (χ0v) is 13.0. The Labute approximate surface area is 132 Å². The van der Waals surface area contributed by atoms with Crippen LogP contribution in [-0.2, 0) is 10.5 Å². The number of rotatable bonds is 7. The van der Waals surface area contributed by atoms with Crippen molar-refractivity contribution < 1.29 is 13.7 Å². The summed E-state index contributed by atoms with van der Waals surface area (Å²) in [6.07, 6.45) is 1.62. The topological polar surface area (TPSA) is 68.0 Å². The van der Waals surface area contributed by atoms with E-state index in [-0.39, 0.29) is 11.7 Å². The quantitative estimate of drug-likeness (QED) is 0.794. The zero-order valence-electron chi connectivity index (χ0n) is 12.1. The van der Waals surface area contributed by atoms with E-state index in [9.17, 15) is 9.18 Å². The van der Waals surface area contributed by atoms with Crippen molar-refractivity contribution >= 4 is 17.7 Å². The van der Waals surface area contributed by atoms with E-state index < -0.39 is 0 Å². The average molecular weight is 321 g/mol. The number of thioether (sulfide) groups is 1. The summed E-state index contributed by atoms with van der Waals surface area (Å²) in [4.78, 5) is 15.6. The molecular weight excluding hydrogens is 305 g/mol. The summed E-state index contributed by atoms with van der Waals surface area (Å²) in [6.45, 7) is 5.66. The Morgan fingerprint density at radius 2 is 2.36 bits per heavy atom. The number of aryl methyl sites for hydroxylation is 1. The first-order chi connectivity index (χ1) is 10.6. The minimum absolute atomic E-state index is 0.0785. The van der Waals surface area contributed by atoms with Crippen LogP contribution in [0.4, 0.5) is 4.39 Å². The Balaban J connectivity index is 1.90. The summed E-state index contributed by atoms with van der Waals surface area (Å²) in [5, 5.41) is 6.50. The first kappa shape index (κ1) is 16.2. The smallest absolute Gasteiger partial charge is 0.236 e. The lowest BCUT2D eigenvalue weighted by Gasteiger charge is -2.00. The molecule has 0 bridgehead atoms. The molecule has 1 aromatic carbocycles. The normalized spacial score (nSPS) is 10.5. The number of hydrogen-bond acceptors (Lipinski definition) is 5. The lowest BCUT2D eigenvalue weighted by atomic mass is 10.1. The van der Waals surface area contributed by atoms with Gasteiger partial charge in [-0.3, -0.25) is 4.79 Å². The van der Waals surface area contributed by atoms with Gasteiger partial charge in [0.15, 0.2) is 0 Å². The van der Waals surface area contributed by atoms with Gasteiger partial charge in [0.2, 0.25) is 17.6 Å². The molecule has 1 aromatic heterocycles. The maximum absolute atomic E-state index is 13.5. The number of halogens is 1. The van der Waals surface area contributed by atoms with Crippen LogP contribution in [-0.4, -0.2) is 28.3 Å². The highest BCUT2D eigenvalue weighted by atomic mass is 32.2. The van der Waals surface area contributed by atoms with Gasteiger partial charge in [-0.15, -0.1) is 18.3 Å². The zero-order chi connectivity index (χ0) is 15.9. The summed E-state index contributed by atoms with van der Waals surface area (Å²) in [7, 11) is 0. The van der Waals surface area contributed by atoms with E-state index in [4.69, 9.17) is 4.52 Å². The van der Waals surface area contributed by atoms with Gasteiger partial charge >= 0.3 is 0 Å². The van der Waals surface area contributed by atoms with Gasteiger partial charge in [-0.2, -0.15) is 4.98 Å². The number of carbonyl (C=O) groups is 1. The summed E-state index contributed by atoms with van der Waals surface area (Å²) in [5.74, 6) is 1.07. The Bertz CT molecular complexity index is 673. The lowest BCUT2D eigenvalue weighted by molar-refractivity contribution is -0.118. The van der Waals surface area contributed by atoms with Gasteiger partial charge in [0.1, 0.15) is 5.82 Å². The average Bonchev–Trinajstić information content (AvgIpc) is 2.97. The lowest BCUT2D eigenvalue weighted by Crippen LogP contribution is -2.24. The largest absolute Gasteiger partial charge is 0.352 e. The molecule has 2 aromatic rings. The highest BCUT2D eigenvalue weighted by Gasteiger charge is 2.11. The van der Waals surface area contributed by atoms with Crippen LogP contribution in [0, 0.1) is 12.7 Å². The predicted molar refractivity (Wildman–Crippen MR) is 83.8 cm³/mol. The third-order valence-corrected chi connectivity index (χ3v) is 3.72. The van der Waals surface area contributed by atoms with Gasteiger partial charge in [0, 0.05) is 12.1 Å². The first-order valence-corrected chi connectivity index (χ1v) is 7.80. The van der Waals surface area contributed by atoms with E-state index in [1.165, 1.54) is 17.8 Å². The molecule has 22 heavy (non-hydrogen) atoms. The number of amides is 1. The molecule has 0 spiro atoms. The highest BCUT2D eigenvalue weighted by molar-refractivity contribution is 7.99. The van der Waals surface area contributed by atoms with Crippen LogP contribution >= 0.6 is 11.8 Å². The Kier molecular flexibility index (Phi) is 5.71. The van der Waals surface area contributed by atoms with Crippen molar-refractivity contribution in [1.29, 1.82) is 0 Å². The van der Waals surface area contributed by atoms with Crippen molar-refractivity contribution in [2.24, 2.45) is 0 Å². The molecule has 7 heteroatoms. The maximum atomic E-state index is 13.5. The van der Waals surface area contributed by atoms with E-state index in [1.54, 1.807) is 25.1 Å². The molecule has 1 heterocycles. The second-order valence-corrected chi connectivity index (χ2v) is 5.55. The second-order valence-electron chi connectivity index (χ2n) is 4.56. The van der Waals surface area contributed by atoms with E-state index in [2.05, 4.69) is 22.0 Å². The van der Waals surface area contributed by atoms with Gasteiger partial charge in [0.25, 0.3) is 0 Å². The van der Waals surface area contributed by atoms with Crippen molar-refractivity contribution in [2.45, 2.75) is 12.7 Å². The fraction of sp³-hybridized carbons (Fsp3) is 0.267. The summed E-state index contributed by atoms with van der Waals surface area (Å²) in [6, 6.07) is 4.78. The Hall–Kier alpha value is -2.15. The van der Waals surface area contributed by atoms with Gasteiger partial charge in [-0.25, -0.2) is 4.39 Å². The molecule has 2 rings (SSSR count). The van der Waals surface area contributed by atoms with Gasteiger partial charge in [0.05, 0.1) is 11.5 Å². The van der Waals surface area contributed by atoms with Crippen molar-refractivity contribution in [1.82, 2.24) is 15.5 Å². The molecule has 0 unspecified atom stereocenters. The van der Waals surface area contributed by atoms with E-state index in [1.807, 2.05) is 0 Å². The number of carbonyl (C=O) groups excluding carboxylic acids is 1. The molecule has 0 fully saturated rings. The summed E-state index contributed by atoms with van der Waals surface area (Å²) < 4.78 is 18.6. The summed E-state index contributed by atoms with van der Waals surface area (Å²) >= 11 is 1.36. The SMILES string of the molecule is C=CCNC(=O)CSCc1nc(-c2ccc(C)c(F)c2)no1. The fourth-order valence-electron chi connectivity index (χ4n) is 1.63. The molecule has 0 saturated heterocycles. The Morgan fingerprint density at radius 3 is 3.09 bits per heavy atom. The Morgan fingerprint density at radius 1 is 1.55 bits per heavy atom. The standard InChI is InChI=1S/C15H16FN3O2S/c1-3-6-17-13(20)8-22-9-14-18-15(19-21-14)11-5-4-10(2)12(16)7-11/h3-5,7H,1,6,8-9H2,2H3,(H,17,20). The predicted octanol–water partition coefficient (Wildman–Crippen LogP) is 2.72. The molecule has 5 nitrogen and oxygen atoms in total. The fourth-order valence-corrected chi connectivity index (χ4v) is 2.31. The van der Waals surface area contributed by atoms with Gasteiger partial charge < -0.3 is 9.84 Å². The maximum Gasteiger partial charge on any atom is 0.236 e. The molecule has 0 radical (unpaired) electrons. The van der Waals surface area contributed by atoms with Crippen molar-refractivity contribution in [3.8, 4) is 11.4 Å². The monoisotopic (exact) mass is 321 g/mol. The minimum Gasteiger partial charge on any atom is -0.352 e. The summed E-state index contributed by atoms with van der Waals surface area (Å²) in [5.41, 5.74) is 1.13. The molecule has 0 aliphatic carbocycles. The molecule has 0 aliphatic rings. The van der Waals surface area contributed by atoms with Crippen LogP contribution in [0.3, 0.4) is 0 Å². The van der Waals surface area contributed by atoms with Crippen LogP contribution in [0.5, 0.6) is 0 Å². The number of benzene rings is 1. The van der Waals surface area contributed by atoms with Crippen LogP contribution in [0.1, 0.15) is 11.5 Å². The van der Waals surface area contributed by atoms with Crippen molar-refractivity contribution in [3.63, 3.8) is 0 Å². The van der Waals surface area contributed by atoms with E-state index in [0.29, 0.717) is 40.9 Å². The van der Waals surface area contributed by atoms with Crippen LogP contribution in [0.2, 0.25) is 0 Å². The number of aromatic nitrogens is 2. The molecule has 0 aliphatic heterocycles. The molecule has 116 valence electrons. The second kappa shape index (κ2) is 7.74. The van der Waals surface area contributed by atoms with Gasteiger partial charge in [-0.05, 0) is 18.6 Å². The number of nitrogens with one attached hydrogen (secondary N) is 1. The van der Waals surface area contributed by atoms with Gasteiger partial charge in [-0.1, -0.05) is 23.4 Å². The van der Waals surface area contributed by atoms with Crippen molar-refractivity contribution in [2.75, 3.05) is 12.3 Å². The van der Waals surface area contributed by atoms with E-state index in [0.717, 1.165) is 0 Å². The molecule has 1 amide bonds. The first-order valence-electron chi connectivity index (χ1n) is 6.64. The third kappa shape index (κ3) is 4.42. The molecule has 0 atom stereocenters. The third-order valence-electron chi connectivity index (χ3n) is 2.80. The highest BCUT2D eigenvalue weighted by Crippen LogP contribution is 2.20. The van der Waals surface area contributed by atoms with Crippen LogP contribution < -0.4 is 5.32 Å². The van der Waals surface area contributed by atoms with Crippen LogP contribution in [0.15, 0.2) is 35.4 Å². The number of nitrogens with zero attached hydrogens (tertiary/aromatic N) is 2. The molecular formula is C15H16FN3O2S. The number of hydrogen-bond donors (Lipinski definition) is 1. The van der Waals surface area contributed by atoms with Crippen LogP contribution in [0.25, 0.3) is 11.4 Å². The molecule has 1 N–H and O–H groups in total.